The largest absolute Gasteiger partial charge is 0.451 e. The SMILES string of the molecule is CC(=O)c1c[nH]c(C(=O)OCC(=O)N2CCC(C)CC2)c1. The van der Waals surface area contributed by atoms with Crippen LogP contribution in [0.5, 0.6) is 0 Å². The molecule has 1 aliphatic rings. The van der Waals surface area contributed by atoms with Gasteiger partial charge in [-0.3, -0.25) is 9.59 Å². The number of rotatable bonds is 4. The summed E-state index contributed by atoms with van der Waals surface area (Å²) >= 11 is 0. The number of hydrogen-bond donors (Lipinski definition) is 1. The van der Waals surface area contributed by atoms with Gasteiger partial charge in [0.15, 0.2) is 12.4 Å². The molecule has 1 aliphatic heterocycles. The summed E-state index contributed by atoms with van der Waals surface area (Å²) in [5.41, 5.74) is 0.596. The summed E-state index contributed by atoms with van der Waals surface area (Å²) in [6.45, 7) is 4.75. The van der Waals surface area contributed by atoms with Gasteiger partial charge in [0, 0.05) is 24.8 Å². The predicted octanol–water partition coefficient (Wildman–Crippen LogP) is 1.63. The highest BCUT2D eigenvalue weighted by molar-refractivity contribution is 5.97. The Hall–Kier alpha value is -2.11. The molecule has 1 aromatic rings. The Kier molecular flexibility index (Phi) is 4.77. The minimum Gasteiger partial charge on any atom is -0.451 e. The molecule has 0 atom stereocenters. The van der Waals surface area contributed by atoms with E-state index in [2.05, 4.69) is 11.9 Å². The monoisotopic (exact) mass is 292 g/mol. The number of piperidine rings is 1. The van der Waals surface area contributed by atoms with Crippen molar-refractivity contribution in [3.8, 4) is 0 Å². The first-order chi connectivity index (χ1) is 9.97. The summed E-state index contributed by atoms with van der Waals surface area (Å²) in [6, 6.07) is 1.43. The summed E-state index contributed by atoms with van der Waals surface area (Å²) in [5, 5.41) is 0. The van der Waals surface area contributed by atoms with Gasteiger partial charge >= 0.3 is 5.97 Å². The van der Waals surface area contributed by atoms with E-state index in [0.29, 0.717) is 24.6 Å². The van der Waals surface area contributed by atoms with Gasteiger partial charge in [0.05, 0.1) is 0 Å². The van der Waals surface area contributed by atoms with Crippen molar-refractivity contribution >= 4 is 17.7 Å². The quantitative estimate of drug-likeness (QED) is 0.675. The Labute approximate surface area is 123 Å². The molecule has 1 saturated heterocycles. The van der Waals surface area contributed by atoms with Gasteiger partial charge in [-0.2, -0.15) is 0 Å². The molecular formula is C15H20N2O4. The molecule has 1 amide bonds. The van der Waals surface area contributed by atoms with Crippen molar-refractivity contribution in [2.45, 2.75) is 26.7 Å². The van der Waals surface area contributed by atoms with E-state index in [1.807, 2.05) is 0 Å². The van der Waals surface area contributed by atoms with Crippen LogP contribution in [-0.2, 0) is 9.53 Å². The maximum Gasteiger partial charge on any atom is 0.355 e. The topological polar surface area (TPSA) is 79.5 Å². The molecule has 0 spiro atoms. The van der Waals surface area contributed by atoms with Gasteiger partial charge in [-0.25, -0.2) is 4.79 Å². The van der Waals surface area contributed by atoms with Crippen molar-refractivity contribution in [2.24, 2.45) is 5.92 Å². The minimum atomic E-state index is -0.624. The highest BCUT2D eigenvalue weighted by atomic mass is 16.5. The van der Waals surface area contributed by atoms with Gasteiger partial charge < -0.3 is 14.6 Å². The zero-order chi connectivity index (χ0) is 15.4. The van der Waals surface area contributed by atoms with Gasteiger partial charge in [0.1, 0.15) is 5.69 Å². The molecule has 1 aromatic heterocycles. The maximum atomic E-state index is 11.9. The average Bonchev–Trinajstić information content (AvgIpc) is 2.95. The van der Waals surface area contributed by atoms with E-state index in [1.54, 1.807) is 4.90 Å². The second-order valence-corrected chi connectivity index (χ2v) is 5.50. The number of esters is 1. The zero-order valence-corrected chi connectivity index (χ0v) is 12.3. The number of carbonyl (C=O) groups excluding carboxylic acids is 3. The fourth-order valence-corrected chi connectivity index (χ4v) is 2.27. The third-order valence-corrected chi connectivity index (χ3v) is 3.77. The molecule has 1 fully saturated rings. The van der Waals surface area contributed by atoms with Crippen molar-refractivity contribution in [3.63, 3.8) is 0 Å². The molecule has 0 radical (unpaired) electrons. The van der Waals surface area contributed by atoms with Gasteiger partial charge in [0.2, 0.25) is 0 Å². The van der Waals surface area contributed by atoms with Crippen LogP contribution >= 0.6 is 0 Å². The first-order valence-corrected chi connectivity index (χ1v) is 7.11. The molecule has 6 nitrogen and oxygen atoms in total. The lowest BCUT2D eigenvalue weighted by molar-refractivity contribution is -0.135. The molecule has 2 heterocycles. The Morgan fingerprint density at radius 3 is 2.57 bits per heavy atom. The van der Waals surface area contributed by atoms with Crippen LogP contribution in [0.15, 0.2) is 12.3 Å². The standard InChI is InChI=1S/C15H20N2O4/c1-10-3-5-17(6-4-10)14(19)9-21-15(20)13-7-12(8-16-13)11(2)18/h7-8,10,16H,3-6,9H2,1-2H3. The van der Waals surface area contributed by atoms with Crippen LogP contribution in [0.2, 0.25) is 0 Å². The van der Waals surface area contributed by atoms with Crippen LogP contribution in [0.3, 0.4) is 0 Å². The van der Waals surface area contributed by atoms with Crippen LogP contribution in [-0.4, -0.2) is 47.2 Å². The average molecular weight is 292 g/mol. The van der Waals surface area contributed by atoms with Crippen molar-refractivity contribution < 1.29 is 19.1 Å². The Morgan fingerprint density at radius 1 is 1.33 bits per heavy atom. The first-order valence-electron chi connectivity index (χ1n) is 7.11. The zero-order valence-electron chi connectivity index (χ0n) is 12.3. The fourth-order valence-electron chi connectivity index (χ4n) is 2.27. The summed E-state index contributed by atoms with van der Waals surface area (Å²) in [6.07, 6.45) is 3.42. The number of likely N-dealkylation sites (tertiary alicyclic amines) is 1. The Morgan fingerprint density at radius 2 is 2.00 bits per heavy atom. The number of Topliss-reactive ketones (excluding diaryl/α,β-unsaturated/α-hetero) is 1. The summed E-state index contributed by atoms with van der Waals surface area (Å²) in [5.74, 6) is -0.292. The molecular weight excluding hydrogens is 272 g/mol. The number of hydrogen-bond acceptors (Lipinski definition) is 4. The second kappa shape index (κ2) is 6.56. The highest BCUT2D eigenvalue weighted by Gasteiger charge is 2.21. The van der Waals surface area contributed by atoms with E-state index in [1.165, 1.54) is 19.2 Å². The Balaban J connectivity index is 1.83. The van der Waals surface area contributed by atoms with Gasteiger partial charge in [-0.15, -0.1) is 0 Å². The number of nitrogens with one attached hydrogen (secondary N) is 1. The van der Waals surface area contributed by atoms with Crippen molar-refractivity contribution in [1.82, 2.24) is 9.88 Å². The third-order valence-electron chi connectivity index (χ3n) is 3.77. The van der Waals surface area contributed by atoms with Crippen molar-refractivity contribution in [3.05, 3.63) is 23.5 Å². The normalized spacial score (nSPS) is 15.8. The number of ketones is 1. The van der Waals surface area contributed by atoms with E-state index in [0.717, 1.165) is 12.8 Å². The summed E-state index contributed by atoms with van der Waals surface area (Å²) in [4.78, 5) is 39.3. The summed E-state index contributed by atoms with van der Waals surface area (Å²) in [7, 11) is 0. The highest BCUT2D eigenvalue weighted by Crippen LogP contribution is 2.16. The van der Waals surface area contributed by atoms with Crippen molar-refractivity contribution in [2.75, 3.05) is 19.7 Å². The molecule has 114 valence electrons. The van der Waals surface area contributed by atoms with E-state index in [9.17, 15) is 14.4 Å². The molecule has 21 heavy (non-hydrogen) atoms. The molecule has 0 bridgehead atoms. The van der Waals surface area contributed by atoms with Crippen LogP contribution in [0.1, 0.15) is 47.5 Å². The number of H-pyrrole nitrogens is 1. The molecule has 0 aromatic carbocycles. The fraction of sp³-hybridized carbons (Fsp3) is 0.533. The lowest BCUT2D eigenvalue weighted by Gasteiger charge is -2.30. The second-order valence-electron chi connectivity index (χ2n) is 5.50. The first kappa shape index (κ1) is 15.3. The van der Waals surface area contributed by atoms with Gasteiger partial charge in [-0.1, -0.05) is 6.92 Å². The van der Waals surface area contributed by atoms with Crippen LogP contribution in [0.4, 0.5) is 0 Å². The van der Waals surface area contributed by atoms with Gasteiger partial charge in [-0.05, 0) is 31.7 Å². The smallest absolute Gasteiger partial charge is 0.355 e. The molecule has 0 saturated carbocycles. The Bertz CT molecular complexity index is 542. The number of aromatic amines is 1. The molecule has 6 heteroatoms. The molecule has 2 rings (SSSR count). The summed E-state index contributed by atoms with van der Waals surface area (Å²) < 4.78 is 4.99. The van der Waals surface area contributed by atoms with E-state index in [-0.39, 0.29) is 24.0 Å². The van der Waals surface area contributed by atoms with Crippen molar-refractivity contribution in [1.29, 1.82) is 0 Å². The number of amides is 1. The molecule has 0 unspecified atom stereocenters. The lowest BCUT2D eigenvalue weighted by atomic mass is 9.99. The van der Waals surface area contributed by atoms with Gasteiger partial charge in [0.25, 0.3) is 5.91 Å². The molecule has 1 N–H and O–H groups in total. The number of ether oxygens (including phenoxy) is 1. The maximum absolute atomic E-state index is 11.9. The van der Waals surface area contributed by atoms with Crippen LogP contribution in [0.25, 0.3) is 0 Å². The molecule has 0 aliphatic carbocycles. The minimum absolute atomic E-state index is 0.135. The number of carbonyl (C=O) groups is 3. The number of aromatic nitrogens is 1. The lowest BCUT2D eigenvalue weighted by Crippen LogP contribution is -2.40. The third kappa shape index (κ3) is 3.93. The van der Waals surface area contributed by atoms with Crippen LogP contribution in [0, 0.1) is 5.92 Å². The van der Waals surface area contributed by atoms with E-state index >= 15 is 0 Å². The van der Waals surface area contributed by atoms with E-state index < -0.39 is 5.97 Å². The van der Waals surface area contributed by atoms with Crippen LogP contribution < -0.4 is 0 Å². The predicted molar refractivity (Wildman–Crippen MR) is 76.1 cm³/mol. The number of nitrogens with zero attached hydrogens (tertiary/aromatic N) is 1. The van der Waals surface area contributed by atoms with E-state index in [4.69, 9.17) is 4.74 Å².